The van der Waals surface area contributed by atoms with Crippen molar-refractivity contribution in [2.24, 2.45) is 0 Å². The van der Waals surface area contributed by atoms with Crippen molar-refractivity contribution in [2.45, 2.75) is 12.8 Å². The lowest BCUT2D eigenvalue weighted by atomic mass is 9.85. The fraction of sp³-hybridized carbons (Fsp3) is 0.171. The van der Waals surface area contributed by atoms with E-state index in [0.717, 1.165) is 40.3 Å². The first kappa shape index (κ1) is 35.8. The molecule has 4 aromatic rings. The molecule has 3 heterocycles. The Balaban J connectivity index is 1.65. The Bertz CT molecular complexity index is 2620. The molecule has 7 rings (SSSR count). The number of nitro benzene ring substituents is 2. The van der Waals surface area contributed by atoms with E-state index in [-0.39, 0.29) is 22.5 Å². The summed E-state index contributed by atoms with van der Waals surface area (Å²) in [4.78, 5) is 33.5. The third-order valence-electron chi connectivity index (χ3n) is 9.74. The zero-order chi connectivity index (χ0) is 39.1. The molecule has 0 unspecified atom stereocenters. The van der Waals surface area contributed by atoms with Crippen LogP contribution in [0.25, 0.3) is 23.4 Å². The molecule has 0 radical (unpaired) electrons. The van der Waals surface area contributed by atoms with Crippen LogP contribution in [-0.2, 0) is 0 Å². The second-order valence-corrected chi connectivity index (χ2v) is 13.4. The molecule has 3 aromatic carbocycles. The Morgan fingerprint density at radius 1 is 0.764 bits per heavy atom. The highest BCUT2D eigenvalue weighted by atomic mass is 16.6. The summed E-state index contributed by atoms with van der Waals surface area (Å²) >= 11 is 0. The minimum absolute atomic E-state index is 0.0602. The molecule has 0 saturated carbocycles. The maximum atomic E-state index is 11.6. The molecule has 14 heteroatoms. The van der Waals surface area contributed by atoms with E-state index in [9.17, 15) is 30.8 Å². The minimum Gasteiger partial charge on any atom is -0.388 e. The number of aromatic nitrogens is 1. The largest absolute Gasteiger partial charge is 0.388 e. The lowest BCUT2D eigenvalue weighted by molar-refractivity contribution is -0.385. The van der Waals surface area contributed by atoms with E-state index in [1.807, 2.05) is 85.2 Å². The van der Waals surface area contributed by atoms with Gasteiger partial charge in [-0.3, -0.25) is 30.0 Å². The van der Waals surface area contributed by atoms with Crippen molar-refractivity contribution < 1.29 is 9.85 Å². The van der Waals surface area contributed by atoms with Crippen LogP contribution in [-0.4, -0.2) is 59.9 Å². The van der Waals surface area contributed by atoms with Crippen LogP contribution in [0.3, 0.4) is 0 Å². The smallest absolute Gasteiger partial charge is 0.269 e. The number of hydrogen-bond acceptors (Lipinski definition) is 11. The molecule has 1 aromatic heterocycles. The molecule has 55 heavy (non-hydrogen) atoms. The summed E-state index contributed by atoms with van der Waals surface area (Å²) in [7, 11) is 9.14. The van der Waals surface area contributed by atoms with Crippen LogP contribution in [0.15, 0.2) is 107 Å². The summed E-state index contributed by atoms with van der Waals surface area (Å²) < 4.78 is 0. The van der Waals surface area contributed by atoms with E-state index in [2.05, 4.69) is 34.6 Å². The van der Waals surface area contributed by atoms with Crippen LogP contribution >= 0.6 is 0 Å². The van der Waals surface area contributed by atoms with Crippen LogP contribution in [0.1, 0.15) is 24.1 Å². The number of allylic oxidation sites excluding steroid dienone is 5. The fourth-order valence-corrected chi connectivity index (χ4v) is 7.45. The van der Waals surface area contributed by atoms with Gasteiger partial charge in [-0.25, -0.2) is 0 Å². The molecule has 2 N–H and O–H groups in total. The van der Waals surface area contributed by atoms with E-state index in [1.54, 1.807) is 24.3 Å². The van der Waals surface area contributed by atoms with Crippen LogP contribution in [0.5, 0.6) is 0 Å². The molecule has 0 saturated heterocycles. The van der Waals surface area contributed by atoms with Gasteiger partial charge in [0, 0.05) is 104 Å². The number of nitro groups is 2. The van der Waals surface area contributed by atoms with E-state index in [0.29, 0.717) is 45.6 Å². The van der Waals surface area contributed by atoms with E-state index < -0.39 is 9.85 Å². The predicted octanol–water partition coefficient (Wildman–Crippen LogP) is 6.29. The van der Waals surface area contributed by atoms with Gasteiger partial charge in [-0.05, 0) is 49.2 Å². The summed E-state index contributed by atoms with van der Waals surface area (Å²) in [6.45, 7) is 0. The fourth-order valence-electron chi connectivity index (χ4n) is 7.45. The number of aromatic amines is 1. The van der Waals surface area contributed by atoms with Gasteiger partial charge < -0.3 is 20.1 Å². The van der Waals surface area contributed by atoms with E-state index in [4.69, 9.17) is 0 Å². The lowest BCUT2D eigenvalue weighted by Gasteiger charge is -2.40. The van der Waals surface area contributed by atoms with Gasteiger partial charge in [0.1, 0.15) is 34.9 Å². The van der Waals surface area contributed by atoms with Crippen LogP contribution in [0.2, 0.25) is 0 Å². The van der Waals surface area contributed by atoms with Gasteiger partial charge in [0.05, 0.1) is 26.9 Å². The number of fused-ring (bicyclic) bond motifs is 3. The van der Waals surface area contributed by atoms with Crippen molar-refractivity contribution in [1.82, 2.24) is 14.8 Å². The van der Waals surface area contributed by atoms with Crippen molar-refractivity contribution in [3.8, 4) is 12.1 Å². The normalized spacial score (nSPS) is 16.2. The molecule has 0 bridgehead atoms. The lowest BCUT2D eigenvalue weighted by Crippen LogP contribution is -2.37. The quantitative estimate of drug-likeness (QED) is 0.154. The standard InChI is InChI=1S/C41H36N10O4/c1-44-34-12-8-6-10-29(34)36-22-31(32(23-42)40(46(2)3)48(36)25-14-18-27(19-15-25)50(52)53)37-33(24-43)41(47(4)5)49(26-16-20-28(21-17-26)51(54)55)39-30-11-7-9-13-35(30)45-38(37)39/h6,8,10-22,44-45H,7,9H2,1-5H3/b37-31-. The Kier molecular flexibility index (Phi) is 9.18. The highest BCUT2D eigenvalue weighted by Gasteiger charge is 2.39. The molecule has 1 aliphatic carbocycles. The van der Waals surface area contributed by atoms with Gasteiger partial charge >= 0.3 is 0 Å². The van der Waals surface area contributed by atoms with Gasteiger partial charge in [0.25, 0.3) is 11.4 Å². The van der Waals surface area contributed by atoms with Crippen molar-refractivity contribution >= 4 is 57.5 Å². The molecule has 0 fully saturated rings. The Morgan fingerprint density at radius 3 is 1.85 bits per heavy atom. The van der Waals surface area contributed by atoms with Crippen molar-refractivity contribution in [3.05, 3.63) is 149 Å². The topological polar surface area (TPSA) is 175 Å². The number of rotatable bonds is 8. The Morgan fingerprint density at radius 2 is 1.31 bits per heavy atom. The minimum atomic E-state index is -0.456. The summed E-state index contributed by atoms with van der Waals surface area (Å²) in [5, 5.41) is 50.7. The molecule has 14 nitrogen and oxygen atoms in total. The van der Waals surface area contributed by atoms with Gasteiger partial charge in [0.15, 0.2) is 0 Å². The highest BCUT2D eigenvalue weighted by molar-refractivity contribution is 6.03. The number of benzene rings is 3. The second kappa shape index (κ2) is 14.1. The molecular weight excluding hydrogens is 697 g/mol. The van der Waals surface area contributed by atoms with Gasteiger partial charge in [-0.15, -0.1) is 0 Å². The van der Waals surface area contributed by atoms with Crippen molar-refractivity contribution in [1.29, 1.82) is 10.5 Å². The van der Waals surface area contributed by atoms with Crippen molar-refractivity contribution in [3.63, 3.8) is 0 Å². The average molecular weight is 733 g/mol. The third-order valence-corrected chi connectivity index (χ3v) is 9.74. The molecule has 0 amide bonds. The van der Waals surface area contributed by atoms with E-state index >= 15 is 0 Å². The number of hydrogen-bond donors (Lipinski definition) is 2. The zero-order valence-corrected chi connectivity index (χ0v) is 30.8. The SMILES string of the molecule is CNc1ccccc1C1=C/C(=C2\C(C#N)=C(N(C)C)N(c3ccc([N+](=O)[O-])cc3)c3c2[nH]c2c3=CCCC=2)C(C#N)=C(N(C)C)N1c1ccc([N+](=O)[O-])cc1. The molecular formula is C41H36N10O4. The van der Waals surface area contributed by atoms with Crippen LogP contribution < -0.4 is 25.7 Å². The second-order valence-electron chi connectivity index (χ2n) is 13.4. The number of H-pyrrole nitrogens is 1. The molecule has 0 spiro atoms. The van der Waals surface area contributed by atoms with E-state index in [1.165, 1.54) is 24.3 Å². The van der Waals surface area contributed by atoms with Gasteiger partial charge in [-0.2, -0.15) is 10.5 Å². The van der Waals surface area contributed by atoms with Gasteiger partial charge in [0.2, 0.25) is 0 Å². The maximum absolute atomic E-state index is 11.6. The summed E-state index contributed by atoms with van der Waals surface area (Å²) in [5.74, 6) is 0.999. The Hall–Kier alpha value is -7.58. The monoisotopic (exact) mass is 732 g/mol. The predicted molar refractivity (Wildman–Crippen MR) is 213 cm³/mol. The summed E-state index contributed by atoms with van der Waals surface area (Å²) in [6, 6.07) is 25.1. The van der Waals surface area contributed by atoms with Gasteiger partial charge in [-0.1, -0.05) is 30.4 Å². The number of nitrogens with zero attached hydrogens (tertiary/aromatic N) is 8. The summed E-state index contributed by atoms with van der Waals surface area (Å²) in [6.07, 6.45) is 7.75. The highest BCUT2D eigenvalue weighted by Crippen LogP contribution is 2.49. The number of non-ortho nitro benzene ring substituents is 2. The summed E-state index contributed by atoms with van der Waals surface area (Å²) in [5.41, 5.74) is 6.20. The number of anilines is 4. The zero-order valence-electron chi connectivity index (χ0n) is 30.8. The first-order valence-electron chi connectivity index (χ1n) is 17.4. The van der Waals surface area contributed by atoms with Crippen molar-refractivity contribution in [2.75, 3.05) is 50.4 Å². The number of nitriles is 2. The first-order chi connectivity index (χ1) is 26.5. The maximum Gasteiger partial charge on any atom is 0.269 e. The molecule has 0 atom stereocenters. The molecule has 3 aliphatic rings. The Labute approximate surface area is 316 Å². The van der Waals surface area contributed by atoms with Crippen LogP contribution in [0, 0.1) is 42.9 Å². The third kappa shape index (κ3) is 5.92. The average Bonchev–Trinajstić information content (AvgIpc) is 3.58. The molecule has 2 aliphatic heterocycles. The number of nitrogens with one attached hydrogen (secondary N) is 2. The number of para-hydroxylation sites is 1. The molecule has 274 valence electrons. The van der Waals surface area contributed by atoms with Crippen LogP contribution in [0.4, 0.5) is 34.1 Å². The first-order valence-corrected chi connectivity index (χ1v) is 17.4.